The molecule has 0 aromatic carbocycles. The van der Waals surface area contributed by atoms with E-state index in [4.69, 9.17) is 15.0 Å². The highest BCUT2D eigenvalue weighted by Gasteiger charge is 2.25. The molecule has 5 nitrogen and oxygen atoms in total. The van der Waals surface area contributed by atoms with Crippen LogP contribution in [0.4, 0.5) is 0 Å². The van der Waals surface area contributed by atoms with Crippen LogP contribution in [0.25, 0.3) is 0 Å². The molecule has 2 N–H and O–H groups in total. The van der Waals surface area contributed by atoms with E-state index in [1.54, 1.807) is 0 Å². The number of rotatable bonds is 5. The molecule has 1 fully saturated rings. The number of ether oxygens (including phenoxy) is 1. The first-order valence-electron chi connectivity index (χ1n) is 6.43. The van der Waals surface area contributed by atoms with Crippen LogP contribution in [-0.2, 0) is 4.74 Å². The number of nitrogens with zero attached hydrogens (tertiary/aromatic N) is 2. The molecule has 0 aliphatic carbocycles. The van der Waals surface area contributed by atoms with E-state index in [0.29, 0.717) is 24.2 Å². The van der Waals surface area contributed by atoms with Gasteiger partial charge in [-0.15, -0.1) is 0 Å². The van der Waals surface area contributed by atoms with Crippen LogP contribution in [0.3, 0.4) is 0 Å². The third-order valence-electron chi connectivity index (χ3n) is 2.95. The van der Waals surface area contributed by atoms with Crippen molar-refractivity contribution in [3.8, 4) is 0 Å². The first-order chi connectivity index (χ1) is 8.70. The van der Waals surface area contributed by atoms with Crippen molar-refractivity contribution in [1.82, 2.24) is 10.1 Å². The van der Waals surface area contributed by atoms with Crippen LogP contribution >= 0.6 is 11.8 Å². The van der Waals surface area contributed by atoms with Crippen molar-refractivity contribution >= 4 is 11.8 Å². The summed E-state index contributed by atoms with van der Waals surface area (Å²) in [6, 6.07) is 0. The highest BCUT2D eigenvalue weighted by Crippen LogP contribution is 2.27. The van der Waals surface area contributed by atoms with Gasteiger partial charge in [0.1, 0.15) is 6.10 Å². The lowest BCUT2D eigenvalue weighted by Crippen LogP contribution is -2.18. The fourth-order valence-electron chi connectivity index (χ4n) is 2.05. The molecule has 6 heteroatoms. The highest BCUT2D eigenvalue weighted by atomic mass is 32.2. The van der Waals surface area contributed by atoms with E-state index in [1.807, 2.05) is 11.8 Å². The lowest BCUT2D eigenvalue weighted by Gasteiger charge is -2.18. The standard InChI is InChI=1S/C12H21N3O2S/c1-8(2)5-9(6-13)12-14-11(15-17-12)10-7-18-4-3-16-10/h8-10H,3-7,13H2,1-2H3. The zero-order chi connectivity index (χ0) is 13.0. The lowest BCUT2D eigenvalue weighted by molar-refractivity contribution is 0.0677. The van der Waals surface area contributed by atoms with E-state index >= 15 is 0 Å². The molecule has 1 aliphatic rings. The molecule has 0 spiro atoms. The fourth-order valence-corrected chi connectivity index (χ4v) is 2.89. The first kappa shape index (κ1) is 13.8. The smallest absolute Gasteiger partial charge is 0.231 e. The Morgan fingerprint density at radius 2 is 2.33 bits per heavy atom. The molecule has 0 amide bonds. The van der Waals surface area contributed by atoms with Crippen molar-refractivity contribution < 1.29 is 9.26 Å². The van der Waals surface area contributed by atoms with Crippen molar-refractivity contribution in [2.75, 3.05) is 24.7 Å². The fraction of sp³-hybridized carbons (Fsp3) is 0.833. The van der Waals surface area contributed by atoms with E-state index < -0.39 is 0 Å². The highest BCUT2D eigenvalue weighted by molar-refractivity contribution is 7.99. The van der Waals surface area contributed by atoms with E-state index in [-0.39, 0.29) is 12.0 Å². The average Bonchev–Trinajstić information content (AvgIpc) is 2.86. The zero-order valence-corrected chi connectivity index (χ0v) is 11.8. The van der Waals surface area contributed by atoms with Crippen molar-refractivity contribution in [3.05, 3.63) is 11.7 Å². The van der Waals surface area contributed by atoms with E-state index in [0.717, 1.165) is 24.5 Å². The molecule has 2 unspecified atom stereocenters. The number of hydrogen-bond acceptors (Lipinski definition) is 6. The summed E-state index contributed by atoms with van der Waals surface area (Å²) in [7, 11) is 0. The summed E-state index contributed by atoms with van der Waals surface area (Å²) in [6.45, 7) is 5.63. The molecule has 2 heterocycles. The second kappa shape index (κ2) is 6.54. The molecule has 2 rings (SSSR count). The van der Waals surface area contributed by atoms with Gasteiger partial charge < -0.3 is 15.0 Å². The van der Waals surface area contributed by atoms with Crippen LogP contribution in [-0.4, -0.2) is 34.8 Å². The second-order valence-corrected chi connectivity index (χ2v) is 6.14. The van der Waals surface area contributed by atoms with Gasteiger partial charge in [0.2, 0.25) is 11.7 Å². The van der Waals surface area contributed by atoms with E-state index in [2.05, 4.69) is 24.0 Å². The van der Waals surface area contributed by atoms with Gasteiger partial charge in [0.25, 0.3) is 0 Å². The quantitative estimate of drug-likeness (QED) is 0.882. The van der Waals surface area contributed by atoms with Gasteiger partial charge in [-0.3, -0.25) is 0 Å². The van der Waals surface area contributed by atoms with Crippen LogP contribution < -0.4 is 5.73 Å². The Kier molecular flexibility index (Phi) is 5.03. The summed E-state index contributed by atoms with van der Waals surface area (Å²) in [6.07, 6.45) is 0.942. The molecule has 0 saturated carbocycles. The molecule has 0 radical (unpaired) electrons. The van der Waals surface area contributed by atoms with Gasteiger partial charge in [-0.2, -0.15) is 16.7 Å². The van der Waals surface area contributed by atoms with Crippen molar-refractivity contribution in [1.29, 1.82) is 0 Å². The normalized spacial score (nSPS) is 22.3. The molecule has 102 valence electrons. The Morgan fingerprint density at radius 3 is 2.94 bits per heavy atom. The lowest BCUT2D eigenvalue weighted by atomic mass is 9.97. The summed E-state index contributed by atoms with van der Waals surface area (Å²) in [5.41, 5.74) is 5.78. The Bertz CT molecular complexity index is 364. The van der Waals surface area contributed by atoms with Crippen LogP contribution in [0.2, 0.25) is 0 Å². The molecular weight excluding hydrogens is 250 g/mol. The van der Waals surface area contributed by atoms with Gasteiger partial charge in [0.15, 0.2) is 0 Å². The summed E-state index contributed by atoms with van der Waals surface area (Å²) >= 11 is 1.86. The van der Waals surface area contributed by atoms with Crippen molar-refractivity contribution in [3.63, 3.8) is 0 Å². The Labute approximate surface area is 112 Å². The van der Waals surface area contributed by atoms with Crippen LogP contribution in [0.1, 0.15) is 44.0 Å². The third kappa shape index (κ3) is 3.46. The van der Waals surface area contributed by atoms with Crippen LogP contribution in [0.15, 0.2) is 4.52 Å². The molecular formula is C12H21N3O2S. The molecule has 1 saturated heterocycles. The molecule has 1 aromatic rings. The van der Waals surface area contributed by atoms with Gasteiger partial charge >= 0.3 is 0 Å². The summed E-state index contributed by atoms with van der Waals surface area (Å²) in [5.74, 6) is 3.98. The van der Waals surface area contributed by atoms with Gasteiger partial charge in [0.05, 0.1) is 12.5 Å². The van der Waals surface area contributed by atoms with Gasteiger partial charge in [-0.25, -0.2) is 0 Å². The molecule has 1 aliphatic heterocycles. The molecule has 1 aromatic heterocycles. The van der Waals surface area contributed by atoms with Gasteiger partial charge in [-0.1, -0.05) is 19.0 Å². The van der Waals surface area contributed by atoms with Crippen LogP contribution in [0, 0.1) is 5.92 Å². The Morgan fingerprint density at radius 1 is 1.50 bits per heavy atom. The Balaban J connectivity index is 2.03. The monoisotopic (exact) mass is 271 g/mol. The maximum Gasteiger partial charge on any atom is 0.231 e. The predicted octanol–water partition coefficient (Wildman–Crippen LogP) is 1.96. The maximum absolute atomic E-state index is 5.78. The molecule has 2 atom stereocenters. The second-order valence-electron chi connectivity index (χ2n) is 4.99. The zero-order valence-electron chi connectivity index (χ0n) is 11.0. The van der Waals surface area contributed by atoms with E-state index in [9.17, 15) is 0 Å². The van der Waals surface area contributed by atoms with E-state index in [1.165, 1.54) is 0 Å². The number of aromatic nitrogens is 2. The summed E-state index contributed by atoms with van der Waals surface area (Å²) in [5, 5.41) is 4.04. The minimum atomic E-state index is -0.0290. The Hall–Kier alpha value is -0.590. The van der Waals surface area contributed by atoms with Crippen molar-refractivity contribution in [2.45, 2.75) is 32.3 Å². The van der Waals surface area contributed by atoms with Crippen molar-refractivity contribution in [2.24, 2.45) is 11.7 Å². The number of hydrogen-bond donors (Lipinski definition) is 1. The molecule has 0 bridgehead atoms. The minimum Gasteiger partial charge on any atom is -0.368 e. The SMILES string of the molecule is CC(C)CC(CN)c1nc(C2CSCCO2)no1. The summed E-state index contributed by atoms with van der Waals surface area (Å²) in [4.78, 5) is 4.46. The summed E-state index contributed by atoms with van der Waals surface area (Å²) < 4.78 is 11.0. The van der Waals surface area contributed by atoms with Crippen LogP contribution in [0.5, 0.6) is 0 Å². The maximum atomic E-state index is 5.78. The van der Waals surface area contributed by atoms with Gasteiger partial charge in [-0.05, 0) is 12.3 Å². The number of nitrogens with two attached hydrogens (primary N) is 1. The largest absolute Gasteiger partial charge is 0.368 e. The first-order valence-corrected chi connectivity index (χ1v) is 7.59. The van der Waals surface area contributed by atoms with Gasteiger partial charge in [0, 0.05) is 18.1 Å². The average molecular weight is 271 g/mol. The molecule has 18 heavy (non-hydrogen) atoms. The number of thioether (sulfide) groups is 1. The minimum absolute atomic E-state index is 0.0290. The third-order valence-corrected chi connectivity index (χ3v) is 3.94. The predicted molar refractivity (Wildman–Crippen MR) is 71.6 cm³/mol. The topological polar surface area (TPSA) is 74.2 Å².